The van der Waals surface area contributed by atoms with Gasteiger partial charge in [0.1, 0.15) is 17.3 Å². The van der Waals surface area contributed by atoms with Gasteiger partial charge in [0.15, 0.2) is 4.67 Å². The van der Waals surface area contributed by atoms with E-state index in [2.05, 4.69) is 27.6 Å². The molecule has 0 amide bonds. The van der Waals surface area contributed by atoms with Crippen molar-refractivity contribution in [3.8, 4) is 0 Å². The molecule has 0 radical (unpaired) electrons. The Labute approximate surface area is 132 Å². The van der Waals surface area contributed by atoms with Gasteiger partial charge >= 0.3 is 0 Å². The van der Waals surface area contributed by atoms with Crippen LogP contribution in [0.5, 0.6) is 0 Å². The SMILES string of the molecule is CCCc1ccc(NS(=O)(=O)c2cc(CO)oc2Br)cc1. The number of benzene rings is 1. The molecular formula is C14H16BrNO4S. The number of aliphatic hydroxyl groups excluding tert-OH is 1. The summed E-state index contributed by atoms with van der Waals surface area (Å²) in [5.74, 6) is 0.181. The number of sulfonamides is 1. The Hall–Kier alpha value is -1.31. The fourth-order valence-electron chi connectivity index (χ4n) is 1.90. The summed E-state index contributed by atoms with van der Waals surface area (Å²) in [5, 5.41) is 8.98. The van der Waals surface area contributed by atoms with E-state index in [-0.39, 0.29) is 21.9 Å². The van der Waals surface area contributed by atoms with Gasteiger partial charge in [-0.25, -0.2) is 8.42 Å². The lowest BCUT2D eigenvalue weighted by atomic mass is 10.1. The molecule has 0 saturated heterocycles. The van der Waals surface area contributed by atoms with Gasteiger partial charge in [0, 0.05) is 11.8 Å². The van der Waals surface area contributed by atoms with E-state index < -0.39 is 10.0 Å². The minimum absolute atomic E-state index is 0.0378. The summed E-state index contributed by atoms with van der Waals surface area (Å²) in [6.07, 6.45) is 2.00. The number of aryl methyl sites for hydroxylation is 1. The first-order chi connectivity index (χ1) is 9.96. The zero-order chi connectivity index (χ0) is 15.5. The van der Waals surface area contributed by atoms with Crippen molar-refractivity contribution in [1.29, 1.82) is 0 Å². The molecule has 21 heavy (non-hydrogen) atoms. The summed E-state index contributed by atoms with van der Waals surface area (Å²) < 4.78 is 32.2. The van der Waals surface area contributed by atoms with Crippen molar-refractivity contribution >= 4 is 31.6 Å². The third-order valence-corrected chi connectivity index (χ3v) is 5.13. The normalized spacial score (nSPS) is 11.6. The standard InChI is InChI=1S/C14H16BrNO4S/c1-2-3-10-4-6-11(7-5-10)16-21(18,19)13-8-12(9-17)20-14(13)15/h4-8,16-17H,2-3,9H2,1H3. The summed E-state index contributed by atoms with van der Waals surface area (Å²) in [5.41, 5.74) is 1.64. The van der Waals surface area contributed by atoms with Crippen LogP contribution in [0.4, 0.5) is 5.69 Å². The highest BCUT2D eigenvalue weighted by Crippen LogP contribution is 2.28. The van der Waals surface area contributed by atoms with E-state index in [1.807, 2.05) is 12.1 Å². The number of hydrogen-bond acceptors (Lipinski definition) is 4. The van der Waals surface area contributed by atoms with Gasteiger partial charge in [-0.1, -0.05) is 25.5 Å². The molecule has 1 aromatic heterocycles. The highest BCUT2D eigenvalue weighted by Gasteiger charge is 2.22. The Morgan fingerprint density at radius 2 is 1.95 bits per heavy atom. The Kier molecular flexibility index (Phi) is 5.08. The smallest absolute Gasteiger partial charge is 0.266 e. The Morgan fingerprint density at radius 3 is 2.48 bits per heavy atom. The number of hydrogen-bond donors (Lipinski definition) is 2. The van der Waals surface area contributed by atoms with Crippen molar-refractivity contribution in [3.05, 3.63) is 46.3 Å². The third-order valence-electron chi connectivity index (χ3n) is 2.90. The number of halogens is 1. The highest BCUT2D eigenvalue weighted by molar-refractivity contribution is 9.10. The first-order valence-electron chi connectivity index (χ1n) is 6.47. The molecule has 0 spiro atoms. The van der Waals surface area contributed by atoms with Crippen LogP contribution in [-0.2, 0) is 23.1 Å². The van der Waals surface area contributed by atoms with Gasteiger partial charge in [0.25, 0.3) is 10.0 Å². The zero-order valence-corrected chi connectivity index (χ0v) is 13.9. The molecule has 5 nitrogen and oxygen atoms in total. The van der Waals surface area contributed by atoms with Crippen LogP contribution in [0.1, 0.15) is 24.7 Å². The zero-order valence-electron chi connectivity index (χ0n) is 11.5. The van der Waals surface area contributed by atoms with Gasteiger partial charge in [-0.15, -0.1) is 0 Å². The van der Waals surface area contributed by atoms with Crippen LogP contribution in [0.15, 0.2) is 44.3 Å². The molecule has 0 atom stereocenters. The van der Waals surface area contributed by atoms with E-state index in [1.54, 1.807) is 12.1 Å². The van der Waals surface area contributed by atoms with Crippen LogP contribution in [0, 0.1) is 0 Å². The van der Waals surface area contributed by atoms with Crippen LogP contribution < -0.4 is 4.72 Å². The van der Waals surface area contributed by atoms with Crippen LogP contribution in [0.3, 0.4) is 0 Å². The van der Waals surface area contributed by atoms with E-state index in [4.69, 9.17) is 9.52 Å². The van der Waals surface area contributed by atoms with Crippen LogP contribution >= 0.6 is 15.9 Å². The largest absolute Gasteiger partial charge is 0.450 e. The second kappa shape index (κ2) is 6.64. The molecule has 0 saturated carbocycles. The Balaban J connectivity index is 2.22. The number of furan rings is 1. The molecule has 2 aromatic rings. The molecule has 0 aliphatic heterocycles. The molecule has 2 N–H and O–H groups in total. The van der Waals surface area contributed by atoms with Crippen molar-refractivity contribution in [2.45, 2.75) is 31.3 Å². The summed E-state index contributed by atoms with van der Waals surface area (Å²) >= 11 is 3.04. The molecule has 0 unspecified atom stereocenters. The predicted octanol–water partition coefficient (Wildman–Crippen LogP) is 3.29. The first kappa shape index (κ1) is 16.1. The van der Waals surface area contributed by atoms with E-state index in [0.717, 1.165) is 18.4 Å². The minimum Gasteiger partial charge on any atom is -0.450 e. The summed E-state index contributed by atoms with van der Waals surface area (Å²) in [7, 11) is -3.76. The summed E-state index contributed by atoms with van der Waals surface area (Å²) in [4.78, 5) is -0.0378. The van der Waals surface area contributed by atoms with Gasteiger partial charge in [-0.05, 0) is 40.0 Å². The van der Waals surface area contributed by atoms with E-state index >= 15 is 0 Å². The fourth-order valence-corrected chi connectivity index (χ4v) is 3.95. The topological polar surface area (TPSA) is 79.5 Å². The molecule has 114 valence electrons. The maximum Gasteiger partial charge on any atom is 0.266 e. The predicted molar refractivity (Wildman–Crippen MR) is 83.6 cm³/mol. The molecule has 1 aromatic carbocycles. The average Bonchev–Trinajstić information content (AvgIpc) is 2.83. The number of rotatable bonds is 6. The van der Waals surface area contributed by atoms with E-state index in [0.29, 0.717) is 5.69 Å². The monoisotopic (exact) mass is 373 g/mol. The Morgan fingerprint density at radius 1 is 1.29 bits per heavy atom. The maximum atomic E-state index is 12.3. The number of aliphatic hydroxyl groups is 1. The van der Waals surface area contributed by atoms with Gasteiger partial charge in [0.2, 0.25) is 0 Å². The molecule has 2 rings (SSSR count). The summed E-state index contributed by atoms with van der Waals surface area (Å²) in [6, 6.07) is 8.53. The van der Waals surface area contributed by atoms with Gasteiger partial charge < -0.3 is 9.52 Å². The maximum absolute atomic E-state index is 12.3. The minimum atomic E-state index is -3.76. The molecule has 0 aliphatic rings. The van der Waals surface area contributed by atoms with Crippen molar-refractivity contribution in [2.75, 3.05) is 4.72 Å². The van der Waals surface area contributed by atoms with Crippen LogP contribution in [0.2, 0.25) is 0 Å². The number of nitrogens with one attached hydrogen (secondary N) is 1. The molecule has 0 aliphatic carbocycles. The van der Waals surface area contributed by atoms with Crippen molar-refractivity contribution < 1.29 is 17.9 Å². The first-order valence-corrected chi connectivity index (χ1v) is 8.74. The lowest BCUT2D eigenvalue weighted by Gasteiger charge is -2.07. The Bertz CT molecular complexity index is 707. The van der Waals surface area contributed by atoms with E-state index in [1.165, 1.54) is 6.07 Å². The molecule has 7 heteroatoms. The van der Waals surface area contributed by atoms with Crippen molar-refractivity contribution in [2.24, 2.45) is 0 Å². The van der Waals surface area contributed by atoms with Gasteiger partial charge in [-0.2, -0.15) is 0 Å². The lowest BCUT2D eigenvalue weighted by molar-refractivity contribution is 0.245. The molecule has 0 bridgehead atoms. The number of anilines is 1. The van der Waals surface area contributed by atoms with Crippen molar-refractivity contribution in [3.63, 3.8) is 0 Å². The van der Waals surface area contributed by atoms with Crippen LogP contribution in [0.25, 0.3) is 0 Å². The fraction of sp³-hybridized carbons (Fsp3) is 0.286. The highest BCUT2D eigenvalue weighted by atomic mass is 79.9. The summed E-state index contributed by atoms with van der Waals surface area (Å²) in [6.45, 7) is 1.73. The molecule has 1 heterocycles. The third kappa shape index (κ3) is 3.87. The molecule has 0 fully saturated rings. The average molecular weight is 374 g/mol. The van der Waals surface area contributed by atoms with Gasteiger partial charge in [0.05, 0.1) is 0 Å². The second-order valence-corrected chi connectivity index (χ2v) is 6.93. The van der Waals surface area contributed by atoms with Gasteiger partial charge in [-0.3, -0.25) is 4.72 Å². The van der Waals surface area contributed by atoms with Crippen molar-refractivity contribution in [1.82, 2.24) is 0 Å². The quantitative estimate of drug-likeness (QED) is 0.813. The van der Waals surface area contributed by atoms with Crippen LogP contribution in [-0.4, -0.2) is 13.5 Å². The second-order valence-electron chi connectivity index (χ2n) is 4.56. The molecular weight excluding hydrogens is 358 g/mol. The lowest BCUT2D eigenvalue weighted by Crippen LogP contribution is -2.12. The van der Waals surface area contributed by atoms with E-state index in [9.17, 15) is 8.42 Å².